The van der Waals surface area contributed by atoms with Crippen LogP contribution in [0.15, 0.2) is 0 Å². The van der Waals surface area contributed by atoms with Gasteiger partial charge < -0.3 is 15.8 Å². The minimum atomic E-state index is -0.834. The lowest BCUT2D eigenvalue weighted by Gasteiger charge is -2.27. The summed E-state index contributed by atoms with van der Waals surface area (Å²) in [6, 6.07) is -0.605. The van der Waals surface area contributed by atoms with Crippen molar-refractivity contribution in [2.45, 2.75) is 44.2 Å². The molecule has 0 aliphatic heterocycles. The highest BCUT2D eigenvalue weighted by molar-refractivity contribution is 5.90. The second-order valence-electron chi connectivity index (χ2n) is 4.06. The van der Waals surface area contributed by atoms with Crippen LogP contribution in [0.4, 0.5) is 0 Å². The van der Waals surface area contributed by atoms with Crippen LogP contribution in [-0.4, -0.2) is 30.6 Å². The third-order valence-electron chi connectivity index (χ3n) is 2.81. The SMILES string of the molecule is COC(=O)C1(NC(=O)[C@@H](C)N)CCCC1. The molecule has 1 aliphatic rings. The van der Waals surface area contributed by atoms with Gasteiger partial charge in [0, 0.05) is 0 Å². The van der Waals surface area contributed by atoms with E-state index in [1.54, 1.807) is 6.92 Å². The van der Waals surface area contributed by atoms with Crippen molar-refractivity contribution in [3.05, 3.63) is 0 Å². The van der Waals surface area contributed by atoms with Crippen LogP contribution in [0, 0.1) is 0 Å². The van der Waals surface area contributed by atoms with Crippen LogP contribution in [0.25, 0.3) is 0 Å². The lowest BCUT2D eigenvalue weighted by atomic mass is 9.97. The van der Waals surface area contributed by atoms with Crippen LogP contribution in [0.5, 0.6) is 0 Å². The number of hydrogen-bond acceptors (Lipinski definition) is 4. The number of methoxy groups -OCH3 is 1. The van der Waals surface area contributed by atoms with E-state index in [-0.39, 0.29) is 11.9 Å². The molecule has 1 aliphatic carbocycles. The van der Waals surface area contributed by atoms with Gasteiger partial charge in [-0.25, -0.2) is 4.79 Å². The standard InChI is InChI=1S/C10H18N2O3/c1-7(11)8(13)12-10(9(14)15-2)5-3-4-6-10/h7H,3-6,11H2,1-2H3,(H,12,13)/t7-/m1/s1. The van der Waals surface area contributed by atoms with Crippen LogP contribution in [0.1, 0.15) is 32.6 Å². The summed E-state index contributed by atoms with van der Waals surface area (Å²) in [5.41, 5.74) is 4.62. The maximum absolute atomic E-state index is 11.6. The number of nitrogens with two attached hydrogens (primary N) is 1. The molecule has 1 fully saturated rings. The highest BCUT2D eigenvalue weighted by Gasteiger charge is 2.43. The van der Waals surface area contributed by atoms with Gasteiger partial charge in [0.15, 0.2) is 0 Å². The van der Waals surface area contributed by atoms with E-state index < -0.39 is 11.6 Å². The Hall–Kier alpha value is -1.10. The Morgan fingerprint density at radius 1 is 1.40 bits per heavy atom. The predicted molar refractivity (Wildman–Crippen MR) is 55.0 cm³/mol. The molecule has 0 spiro atoms. The molecule has 5 heteroatoms. The molecule has 3 N–H and O–H groups in total. The lowest BCUT2D eigenvalue weighted by Crippen LogP contribution is -2.56. The fraction of sp³-hybridized carbons (Fsp3) is 0.800. The molecule has 1 rings (SSSR count). The smallest absolute Gasteiger partial charge is 0.331 e. The molecule has 0 radical (unpaired) electrons. The van der Waals surface area contributed by atoms with Crippen molar-refractivity contribution < 1.29 is 14.3 Å². The first-order valence-electron chi connectivity index (χ1n) is 5.18. The maximum Gasteiger partial charge on any atom is 0.331 e. The summed E-state index contributed by atoms with van der Waals surface area (Å²) in [5.74, 6) is -0.670. The largest absolute Gasteiger partial charge is 0.467 e. The van der Waals surface area contributed by atoms with Gasteiger partial charge in [0.05, 0.1) is 13.2 Å². The zero-order chi connectivity index (χ0) is 11.5. The van der Waals surface area contributed by atoms with E-state index in [0.717, 1.165) is 12.8 Å². The summed E-state index contributed by atoms with van der Waals surface area (Å²) in [4.78, 5) is 23.1. The Morgan fingerprint density at radius 3 is 2.33 bits per heavy atom. The monoisotopic (exact) mass is 214 g/mol. The van der Waals surface area contributed by atoms with Crippen LogP contribution in [0.3, 0.4) is 0 Å². The van der Waals surface area contributed by atoms with Gasteiger partial charge >= 0.3 is 5.97 Å². The molecule has 0 unspecified atom stereocenters. The molecule has 15 heavy (non-hydrogen) atoms. The predicted octanol–water partition coefficient (Wildman–Crippen LogP) is -0.0644. The van der Waals surface area contributed by atoms with Crippen LogP contribution >= 0.6 is 0 Å². The van der Waals surface area contributed by atoms with Gasteiger partial charge in [-0.05, 0) is 19.8 Å². The number of rotatable bonds is 3. The van der Waals surface area contributed by atoms with E-state index in [4.69, 9.17) is 10.5 Å². The van der Waals surface area contributed by atoms with Gasteiger partial charge in [-0.1, -0.05) is 12.8 Å². The van der Waals surface area contributed by atoms with Gasteiger partial charge in [-0.2, -0.15) is 0 Å². The van der Waals surface area contributed by atoms with Crippen molar-refractivity contribution in [1.82, 2.24) is 5.32 Å². The van der Waals surface area contributed by atoms with Crippen LogP contribution < -0.4 is 11.1 Å². The molecule has 0 aromatic heterocycles. The highest BCUT2D eigenvalue weighted by Crippen LogP contribution is 2.30. The van der Waals surface area contributed by atoms with Crippen LogP contribution in [0.2, 0.25) is 0 Å². The van der Waals surface area contributed by atoms with E-state index in [2.05, 4.69) is 5.32 Å². The van der Waals surface area contributed by atoms with Gasteiger partial charge in [-0.15, -0.1) is 0 Å². The fourth-order valence-electron chi connectivity index (χ4n) is 1.90. The van der Waals surface area contributed by atoms with E-state index in [1.807, 2.05) is 0 Å². The van der Waals surface area contributed by atoms with E-state index >= 15 is 0 Å². The molecule has 0 bridgehead atoms. The van der Waals surface area contributed by atoms with Crippen molar-refractivity contribution in [3.63, 3.8) is 0 Å². The summed E-state index contributed by atoms with van der Waals surface area (Å²) in [6.07, 6.45) is 3.12. The highest BCUT2D eigenvalue weighted by atomic mass is 16.5. The first kappa shape index (κ1) is 12.0. The van der Waals surface area contributed by atoms with Gasteiger partial charge in [0.2, 0.25) is 5.91 Å². The fourth-order valence-corrected chi connectivity index (χ4v) is 1.90. The number of carbonyl (C=O) groups excluding carboxylic acids is 2. The molecule has 5 nitrogen and oxygen atoms in total. The number of esters is 1. The molecule has 0 aromatic carbocycles. The summed E-state index contributed by atoms with van der Waals surface area (Å²) < 4.78 is 4.72. The Balaban J connectivity index is 2.74. The second-order valence-corrected chi connectivity index (χ2v) is 4.06. The molecule has 1 atom stereocenters. The summed E-state index contributed by atoms with van der Waals surface area (Å²) in [6.45, 7) is 1.59. The Bertz CT molecular complexity index is 257. The second kappa shape index (κ2) is 4.61. The molecule has 0 aromatic rings. The number of ether oxygens (including phenoxy) is 1. The zero-order valence-corrected chi connectivity index (χ0v) is 9.21. The van der Waals surface area contributed by atoms with Gasteiger partial charge in [0.25, 0.3) is 0 Å². The van der Waals surface area contributed by atoms with E-state index in [9.17, 15) is 9.59 Å². The third-order valence-corrected chi connectivity index (χ3v) is 2.81. The van der Waals surface area contributed by atoms with Crippen molar-refractivity contribution in [3.8, 4) is 0 Å². The van der Waals surface area contributed by atoms with Crippen molar-refractivity contribution in [2.75, 3.05) is 7.11 Å². The maximum atomic E-state index is 11.6. The molecule has 0 heterocycles. The Morgan fingerprint density at radius 2 is 1.93 bits per heavy atom. The molecular formula is C10H18N2O3. The Labute approximate surface area is 89.3 Å². The van der Waals surface area contributed by atoms with Crippen molar-refractivity contribution >= 4 is 11.9 Å². The minimum absolute atomic E-state index is 0.303. The molecule has 1 amide bonds. The summed E-state index contributed by atoms with van der Waals surface area (Å²) in [7, 11) is 1.33. The van der Waals surface area contributed by atoms with Crippen molar-refractivity contribution in [1.29, 1.82) is 0 Å². The topological polar surface area (TPSA) is 81.4 Å². The Kier molecular flexibility index (Phi) is 3.68. The van der Waals surface area contributed by atoms with E-state index in [1.165, 1.54) is 7.11 Å². The van der Waals surface area contributed by atoms with Crippen LogP contribution in [-0.2, 0) is 14.3 Å². The first-order valence-corrected chi connectivity index (χ1v) is 5.18. The normalized spacial score (nSPS) is 20.7. The van der Waals surface area contributed by atoms with Gasteiger partial charge in [-0.3, -0.25) is 4.79 Å². The number of amides is 1. The average Bonchev–Trinajstić information content (AvgIpc) is 2.66. The molecule has 0 saturated heterocycles. The lowest BCUT2D eigenvalue weighted by molar-refractivity contribution is -0.150. The zero-order valence-electron chi connectivity index (χ0n) is 9.21. The molecule has 86 valence electrons. The van der Waals surface area contributed by atoms with E-state index in [0.29, 0.717) is 12.8 Å². The third kappa shape index (κ3) is 2.47. The summed E-state index contributed by atoms with van der Waals surface area (Å²) >= 11 is 0. The quantitative estimate of drug-likeness (QED) is 0.645. The number of carbonyl (C=O) groups is 2. The average molecular weight is 214 g/mol. The molecule has 1 saturated carbocycles. The summed E-state index contributed by atoms with van der Waals surface area (Å²) in [5, 5.41) is 2.70. The minimum Gasteiger partial charge on any atom is -0.467 e. The number of nitrogens with one attached hydrogen (secondary N) is 1. The number of hydrogen-bond donors (Lipinski definition) is 2. The first-order chi connectivity index (χ1) is 7.02. The molecular weight excluding hydrogens is 196 g/mol. The van der Waals surface area contributed by atoms with Gasteiger partial charge in [0.1, 0.15) is 5.54 Å². The van der Waals surface area contributed by atoms with Crippen molar-refractivity contribution in [2.24, 2.45) is 5.73 Å².